The number of pyridine rings is 1. The molecule has 0 bridgehead atoms. The Balaban J connectivity index is 1.69. The molecule has 0 aliphatic heterocycles. The Morgan fingerprint density at radius 3 is 2.54 bits per heavy atom. The van der Waals surface area contributed by atoms with Gasteiger partial charge < -0.3 is 5.32 Å². The first-order chi connectivity index (χ1) is 12.3. The lowest BCUT2D eigenvalue weighted by atomic mass is 10.1. The fourth-order valence-electron chi connectivity index (χ4n) is 2.10. The number of carbonyl (C=O) groups is 1. The fourth-order valence-corrected chi connectivity index (χ4v) is 2.94. The van der Waals surface area contributed by atoms with Crippen molar-refractivity contribution in [1.82, 2.24) is 15.2 Å². The Morgan fingerprint density at radius 1 is 1.12 bits per heavy atom. The van der Waals surface area contributed by atoms with Crippen molar-refractivity contribution in [1.29, 1.82) is 0 Å². The third kappa shape index (κ3) is 4.20. The Hall–Kier alpha value is -2.88. The summed E-state index contributed by atoms with van der Waals surface area (Å²) in [6.07, 6.45) is -1.82. The number of rotatable bonds is 4. The van der Waals surface area contributed by atoms with Crippen LogP contribution < -0.4 is 5.32 Å². The number of carbonyl (C=O) groups excluding carboxylic acids is 1. The van der Waals surface area contributed by atoms with Crippen molar-refractivity contribution in [3.05, 3.63) is 59.1 Å². The van der Waals surface area contributed by atoms with E-state index in [-0.39, 0.29) is 12.1 Å². The molecule has 0 atom stereocenters. The highest BCUT2D eigenvalue weighted by Crippen LogP contribution is 2.33. The number of aromatic nitrogens is 3. The second-order valence-corrected chi connectivity index (χ2v) is 6.22. The van der Waals surface area contributed by atoms with Crippen molar-refractivity contribution in [2.45, 2.75) is 12.6 Å². The third-order valence-corrected chi connectivity index (χ3v) is 4.23. The minimum absolute atomic E-state index is 0.150. The van der Waals surface area contributed by atoms with Crippen LogP contribution in [0.1, 0.15) is 10.6 Å². The second-order valence-electron chi connectivity index (χ2n) is 5.15. The van der Waals surface area contributed by atoms with Crippen LogP contribution in [0.5, 0.6) is 0 Å². The van der Waals surface area contributed by atoms with E-state index < -0.39 is 23.5 Å². The summed E-state index contributed by atoms with van der Waals surface area (Å²) >= 11 is 1.18. The quantitative estimate of drug-likeness (QED) is 0.694. The van der Waals surface area contributed by atoms with E-state index in [4.69, 9.17) is 0 Å². The number of nitrogens with one attached hydrogen (secondary N) is 1. The van der Waals surface area contributed by atoms with Crippen LogP contribution in [0.4, 0.5) is 23.2 Å². The first-order valence-electron chi connectivity index (χ1n) is 7.22. The molecule has 5 nitrogen and oxygen atoms in total. The zero-order chi connectivity index (χ0) is 18.7. The molecule has 1 N–H and O–H groups in total. The Morgan fingerprint density at radius 2 is 1.85 bits per heavy atom. The number of hydrogen-bond acceptors (Lipinski definition) is 5. The van der Waals surface area contributed by atoms with E-state index in [0.717, 1.165) is 11.6 Å². The molecule has 2 aromatic heterocycles. The van der Waals surface area contributed by atoms with Crippen molar-refractivity contribution in [2.75, 3.05) is 5.32 Å². The minimum Gasteiger partial charge on any atom is -0.326 e. The van der Waals surface area contributed by atoms with Crippen molar-refractivity contribution in [2.24, 2.45) is 0 Å². The monoisotopic (exact) mass is 382 g/mol. The predicted octanol–water partition coefficient (Wildman–Crippen LogP) is 3.94. The third-order valence-electron chi connectivity index (χ3n) is 3.26. The van der Waals surface area contributed by atoms with Crippen LogP contribution in [0.15, 0.2) is 42.7 Å². The number of halogens is 4. The first-order valence-corrected chi connectivity index (χ1v) is 8.04. The molecule has 134 valence electrons. The number of anilines is 1. The minimum atomic E-state index is -4.84. The summed E-state index contributed by atoms with van der Waals surface area (Å²) in [7, 11) is 0. The maximum Gasteiger partial charge on any atom is 0.419 e. The van der Waals surface area contributed by atoms with Crippen molar-refractivity contribution >= 4 is 22.9 Å². The molecule has 0 fully saturated rings. The van der Waals surface area contributed by atoms with Gasteiger partial charge in [0.15, 0.2) is 0 Å². The molecule has 26 heavy (non-hydrogen) atoms. The van der Waals surface area contributed by atoms with Crippen molar-refractivity contribution in [3.63, 3.8) is 0 Å². The van der Waals surface area contributed by atoms with Crippen LogP contribution in [0, 0.1) is 5.82 Å². The smallest absolute Gasteiger partial charge is 0.326 e. The number of nitrogens with zero attached hydrogens (tertiary/aromatic N) is 3. The molecule has 1 aromatic carbocycles. The number of amides is 1. The van der Waals surface area contributed by atoms with Gasteiger partial charge in [-0.1, -0.05) is 11.3 Å². The molecular formula is C16H10F4N4OS. The molecular weight excluding hydrogens is 372 g/mol. The van der Waals surface area contributed by atoms with Gasteiger partial charge in [-0.25, -0.2) is 4.39 Å². The van der Waals surface area contributed by atoms with E-state index in [9.17, 15) is 22.4 Å². The lowest BCUT2D eigenvalue weighted by Crippen LogP contribution is -2.16. The number of alkyl halides is 3. The summed E-state index contributed by atoms with van der Waals surface area (Å²) in [5.74, 6) is -1.98. The van der Waals surface area contributed by atoms with Crippen molar-refractivity contribution < 1.29 is 22.4 Å². The van der Waals surface area contributed by atoms with Gasteiger partial charge in [0.25, 0.3) is 0 Å². The van der Waals surface area contributed by atoms with Crippen LogP contribution in [-0.2, 0) is 17.4 Å². The first kappa shape index (κ1) is 17.9. The second kappa shape index (κ2) is 7.16. The van der Waals surface area contributed by atoms with E-state index >= 15 is 0 Å². The zero-order valence-corrected chi connectivity index (χ0v) is 13.7. The van der Waals surface area contributed by atoms with Gasteiger partial charge in [-0.3, -0.25) is 9.78 Å². The van der Waals surface area contributed by atoms with Gasteiger partial charge in [-0.2, -0.15) is 13.2 Å². The molecule has 3 aromatic rings. The van der Waals surface area contributed by atoms with Gasteiger partial charge in [0, 0.05) is 23.6 Å². The standard InChI is InChI=1S/C16H10F4N4OS/c17-12-2-1-10(7-11(12)16(18,19)20)22-13(25)8-14-23-24-15(26-14)9-3-5-21-6-4-9/h1-7H,8H2,(H,22,25). The van der Waals surface area contributed by atoms with Gasteiger partial charge >= 0.3 is 6.18 Å². The topological polar surface area (TPSA) is 67.8 Å². The molecule has 0 unspecified atom stereocenters. The summed E-state index contributed by atoms with van der Waals surface area (Å²) in [5.41, 5.74) is -0.800. The van der Waals surface area contributed by atoms with E-state index in [1.165, 1.54) is 11.3 Å². The normalized spacial score (nSPS) is 11.4. The van der Waals surface area contributed by atoms with Crippen molar-refractivity contribution in [3.8, 4) is 10.6 Å². The average Bonchev–Trinajstić information content (AvgIpc) is 3.05. The van der Waals surface area contributed by atoms with Gasteiger partial charge in [0.2, 0.25) is 5.91 Å². The van der Waals surface area contributed by atoms with Gasteiger partial charge in [-0.05, 0) is 30.3 Å². The summed E-state index contributed by atoms with van der Waals surface area (Å²) in [5, 5.41) is 11.2. The molecule has 0 aliphatic carbocycles. The van der Waals surface area contributed by atoms with Gasteiger partial charge in [0.05, 0.1) is 12.0 Å². The summed E-state index contributed by atoms with van der Waals surface area (Å²) < 4.78 is 51.4. The number of hydrogen-bond donors (Lipinski definition) is 1. The maximum absolute atomic E-state index is 13.3. The SMILES string of the molecule is O=C(Cc1nnc(-c2ccncc2)s1)Nc1ccc(F)c(C(F)(F)F)c1. The van der Waals surface area contributed by atoms with Crippen LogP contribution in [0.25, 0.3) is 10.6 Å². The summed E-state index contributed by atoms with van der Waals surface area (Å²) in [6, 6.07) is 5.74. The van der Waals surface area contributed by atoms with E-state index in [1.54, 1.807) is 24.5 Å². The highest BCUT2D eigenvalue weighted by Gasteiger charge is 2.34. The lowest BCUT2D eigenvalue weighted by Gasteiger charge is -2.10. The highest BCUT2D eigenvalue weighted by molar-refractivity contribution is 7.14. The van der Waals surface area contributed by atoms with E-state index in [1.807, 2.05) is 0 Å². The van der Waals surface area contributed by atoms with Crippen LogP contribution in [-0.4, -0.2) is 21.1 Å². The highest BCUT2D eigenvalue weighted by atomic mass is 32.1. The Kier molecular flexibility index (Phi) is 4.94. The molecule has 10 heteroatoms. The molecule has 1 amide bonds. The van der Waals surface area contributed by atoms with Gasteiger partial charge in [0.1, 0.15) is 15.8 Å². The molecule has 0 radical (unpaired) electrons. The predicted molar refractivity (Wildman–Crippen MR) is 86.9 cm³/mol. The lowest BCUT2D eigenvalue weighted by molar-refractivity contribution is -0.140. The summed E-state index contributed by atoms with van der Waals surface area (Å²) in [6.45, 7) is 0. The fraction of sp³-hybridized carbons (Fsp3) is 0.125. The van der Waals surface area contributed by atoms with Crippen LogP contribution >= 0.6 is 11.3 Å². The molecule has 0 spiro atoms. The largest absolute Gasteiger partial charge is 0.419 e. The van der Waals surface area contributed by atoms with Gasteiger partial charge in [-0.15, -0.1) is 10.2 Å². The summed E-state index contributed by atoms with van der Waals surface area (Å²) in [4.78, 5) is 15.9. The molecule has 0 saturated carbocycles. The number of benzene rings is 1. The molecule has 0 saturated heterocycles. The Bertz CT molecular complexity index is 927. The van der Waals surface area contributed by atoms with Crippen LogP contribution in [0.3, 0.4) is 0 Å². The van der Waals surface area contributed by atoms with E-state index in [2.05, 4.69) is 20.5 Å². The van der Waals surface area contributed by atoms with E-state index in [0.29, 0.717) is 22.1 Å². The molecule has 2 heterocycles. The maximum atomic E-state index is 13.3. The molecule has 0 aliphatic rings. The van der Waals surface area contributed by atoms with Crippen LogP contribution in [0.2, 0.25) is 0 Å². The molecule has 3 rings (SSSR count). The Labute approximate surface area is 148 Å². The zero-order valence-electron chi connectivity index (χ0n) is 12.9. The average molecular weight is 382 g/mol.